The fourth-order valence-corrected chi connectivity index (χ4v) is 5.88. The second-order valence-electron chi connectivity index (χ2n) is 13.0. The van der Waals surface area contributed by atoms with Crippen LogP contribution in [0.4, 0.5) is 0 Å². The summed E-state index contributed by atoms with van der Waals surface area (Å²) < 4.78 is 39.6. The molecule has 18 nitrogen and oxygen atoms in total. The lowest BCUT2D eigenvalue weighted by Gasteiger charge is -2.40. The van der Waals surface area contributed by atoms with E-state index in [-0.39, 0.29) is 45.5 Å². The molecule has 9 N–H and O–H groups in total. The zero-order chi connectivity index (χ0) is 40.3. The summed E-state index contributed by atoms with van der Waals surface area (Å²) in [4.78, 5) is 23.8. The molecule has 0 aliphatic carbocycles. The van der Waals surface area contributed by atoms with E-state index < -0.39 is 86.6 Å². The number of aromatic hydroxyl groups is 3. The lowest BCUT2D eigenvalue weighted by atomic mass is 9.99. The molecule has 3 heterocycles. The summed E-state index contributed by atoms with van der Waals surface area (Å²) in [6, 6.07) is 15.2. The summed E-state index contributed by atoms with van der Waals surface area (Å²) in [6.45, 7) is 0.0418. The first-order valence-corrected chi connectivity index (χ1v) is 17.1. The van der Waals surface area contributed by atoms with Crippen LogP contribution in [0.1, 0.15) is 12.5 Å². The normalized spacial score (nSPS) is 27.8. The van der Waals surface area contributed by atoms with Crippen molar-refractivity contribution in [1.29, 1.82) is 0 Å². The van der Waals surface area contributed by atoms with Crippen LogP contribution in [0.2, 0.25) is 0 Å². The third kappa shape index (κ3) is 9.10. The maximum atomic E-state index is 12.5. The number of ether oxygens (including phenoxy) is 6. The first-order valence-electron chi connectivity index (χ1n) is 17.1. The molecule has 2 aliphatic heterocycles. The Morgan fingerprint density at radius 1 is 0.661 bits per heavy atom. The molecule has 1 aromatic heterocycles. The Morgan fingerprint density at radius 3 is 1.77 bits per heavy atom. The number of phenols is 3. The topological polar surface area (TPSA) is 283 Å². The highest BCUT2D eigenvalue weighted by molar-refractivity contribution is 5.89. The van der Waals surface area contributed by atoms with E-state index >= 15 is 0 Å². The smallest absolute Gasteiger partial charge is 0.402 e. The van der Waals surface area contributed by atoms with Crippen LogP contribution >= 0.6 is 0 Å². The van der Waals surface area contributed by atoms with E-state index in [1.54, 1.807) is 12.1 Å². The van der Waals surface area contributed by atoms with Gasteiger partial charge in [0, 0.05) is 25.1 Å². The number of hydrogen-bond acceptors (Lipinski definition) is 17. The Bertz CT molecular complexity index is 2040. The number of aliphatic hydroxyl groups excluding tert-OH is 6. The van der Waals surface area contributed by atoms with Crippen LogP contribution < -0.4 is 9.47 Å². The zero-order valence-corrected chi connectivity index (χ0v) is 29.4. The van der Waals surface area contributed by atoms with Gasteiger partial charge in [0.15, 0.2) is 0 Å². The third-order valence-corrected chi connectivity index (χ3v) is 8.90. The lowest BCUT2D eigenvalue weighted by molar-refractivity contribution is -0.278. The third-order valence-electron chi connectivity index (χ3n) is 8.90. The molecule has 6 rings (SSSR count). The van der Waals surface area contributed by atoms with Crippen LogP contribution in [-0.2, 0) is 28.5 Å². The average Bonchev–Trinajstić information content (AvgIpc) is 3.17. The quantitative estimate of drug-likeness (QED) is 0.0575. The molecule has 298 valence electrons. The highest BCUT2D eigenvalue weighted by Gasteiger charge is 2.47. The molecule has 0 spiro atoms. The SMILES string of the molecule is CC(=O)OCC1O[C@@H](Oc2cc(O)cc3[o+]c(-c4ccc(O)cc4)c(O[C@@H]4OC(COC(=O)/C=C/c5ccc(O)cc5)[C@@H](O)C(O)C4O)cc23)C(O)[C@@H](O)[C@@H]1O. The van der Waals surface area contributed by atoms with E-state index in [0.29, 0.717) is 11.1 Å². The Kier molecular flexibility index (Phi) is 12.2. The monoisotopic (exact) mass is 783 g/mol. The van der Waals surface area contributed by atoms with Crippen molar-refractivity contribution in [1.82, 2.24) is 0 Å². The van der Waals surface area contributed by atoms with Crippen molar-refractivity contribution in [2.45, 2.75) is 68.3 Å². The van der Waals surface area contributed by atoms with Gasteiger partial charge in [-0.2, -0.15) is 0 Å². The maximum absolute atomic E-state index is 12.5. The highest BCUT2D eigenvalue weighted by atomic mass is 16.7. The molecule has 0 saturated carbocycles. The Labute approximate surface area is 317 Å². The number of benzene rings is 3. The van der Waals surface area contributed by atoms with Crippen LogP contribution in [0.3, 0.4) is 0 Å². The van der Waals surface area contributed by atoms with Crippen LogP contribution in [0.25, 0.3) is 28.4 Å². The number of hydrogen-bond donors (Lipinski definition) is 9. The van der Waals surface area contributed by atoms with Gasteiger partial charge in [-0.05, 0) is 48.0 Å². The summed E-state index contributed by atoms with van der Waals surface area (Å²) in [5.74, 6) is -2.43. The zero-order valence-electron chi connectivity index (χ0n) is 29.4. The Morgan fingerprint density at radius 2 is 1.20 bits per heavy atom. The molecule has 10 atom stereocenters. The van der Waals surface area contributed by atoms with Crippen molar-refractivity contribution in [2.24, 2.45) is 0 Å². The van der Waals surface area contributed by atoms with Gasteiger partial charge >= 0.3 is 23.3 Å². The van der Waals surface area contributed by atoms with E-state index in [4.69, 9.17) is 32.8 Å². The van der Waals surface area contributed by atoms with E-state index in [2.05, 4.69) is 0 Å². The number of phenolic OH excluding ortho intramolecular Hbond substituents is 3. The number of carbonyl (C=O) groups is 2. The first kappa shape index (κ1) is 40.1. The van der Waals surface area contributed by atoms with Gasteiger partial charge in [-0.15, -0.1) is 0 Å². The first-order chi connectivity index (χ1) is 26.7. The minimum absolute atomic E-state index is 0.0368. The largest absolute Gasteiger partial charge is 0.508 e. The molecule has 3 aromatic carbocycles. The minimum Gasteiger partial charge on any atom is -0.508 e. The van der Waals surface area contributed by atoms with Crippen molar-refractivity contribution in [2.75, 3.05) is 13.2 Å². The van der Waals surface area contributed by atoms with Crippen molar-refractivity contribution in [3.05, 3.63) is 78.4 Å². The van der Waals surface area contributed by atoms with Crippen molar-refractivity contribution in [3.8, 4) is 40.1 Å². The average molecular weight is 784 g/mol. The number of fused-ring (bicyclic) bond motifs is 1. The predicted molar refractivity (Wildman–Crippen MR) is 189 cm³/mol. The van der Waals surface area contributed by atoms with E-state index in [0.717, 1.165) is 19.1 Å². The van der Waals surface area contributed by atoms with Gasteiger partial charge in [0.2, 0.25) is 18.3 Å². The molecule has 5 unspecified atom stereocenters. The molecule has 0 amide bonds. The summed E-state index contributed by atoms with van der Waals surface area (Å²) in [7, 11) is 0. The molecule has 0 bridgehead atoms. The van der Waals surface area contributed by atoms with Gasteiger partial charge in [0.05, 0.1) is 11.6 Å². The molecule has 2 fully saturated rings. The van der Waals surface area contributed by atoms with Crippen molar-refractivity contribution >= 4 is 29.0 Å². The molecular formula is C38H39O18+. The number of carbonyl (C=O) groups excluding carboxylic acids is 2. The molecule has 18 heteroatoms. The molecular weight excluding hydrogens is 744 g/mol. The summed E-state index contributed by atoms with van der Waals surface area (Å²) in [5, 5.41) is 94.1. The molecule has 0 radical (unpaired) electrons. The van der Waals surface area contributed by atoms with Gasteiger partial charge in [0.1, 0.15) is 90.4 Å². The lowest BCUT2D eigenvalue weighted by Crippen LogP contribution is -2.60. The highest BCUT2D eigenvalue weighted by Crippen LogP contribution is 2.42. The fourth-order valence-electron chi connectivity index (χ4n) is 5.88. The second-order valence-corrected chi connectivity index (χ2v) is 13.0. The number of esters is 2. The van der Waals surface area contributed by atoms with E-state index in [9.17, 15) is 55.5 Å². The maximum Gasteiger partial charge on any atom is 0.402 e. The van der Waals surface area contributed by atoms with Crippen LogP contribution in [-0.4, -0.2) is 133 Å². The van der Waals surface area contributed by atoms with Gasteiger partial charge in [-0.3, -0.25) is 4.79 Å². The molecule has 56 heavy (non-hydrogen) atoms. The van der Waals surface area contributed by atoms with Crippen molar-refractivity contribution in [3.63, 3.8) is 0 Å². The van der Waals surface area contributed by atoms with Crippen LogP contribution in [0, 0.1) is 0 Å². The molecule has 2 saturated heterocycles. The van der Waals surface area contributed by atoms with Crippen LogP contribution in [0.5, 0.6) is 28.7 Å². The van der Waals surface area contributed by atoms with E-state index in [1.807, 2.05) is 0 Å². The Balaban J connectivity index is 1.29. The summed E-state index contributed by atoms with van der Waals surface area (Å²) in [6.07, 6.45) is -14.4. The minimum atomic E-state index is -1.88. The van der Waals surface area contributed by atoms with Crippen LogP contribution in [0.15, 0.2) is 77.2 Å². The fraction of sp³-hybridized carbons (Fsp3) is 0.342. The summed E-state index contributed by atoms with van der Waals surface area (Å²) >= 11 is 0. The number of rotatable bonds is 11. The second kappa shape index (κ2) is 17.1. The molecule has 2 aliphatic rings. The van der Waals surface area contributed by atoms with E-state index in [1.165, 1.54) is 54.6 Å². The van der Waals surface area contributed by atoms with Crippen molar-refractivity contribution < 1.29 is 88.4 Å². The van der Waals surface area contributed by atoms with Gasteiger partial charge in [-0.25, -0.2) is 9.21 Å². The number of aliphatic hydroxyl groups is 6. The molecule has 4 aromatic rings. The van der Waals surface area contributed by atoms with Gasteiger partial charge < -0.3 is 74.4 Å². The standard InChI is InChI=1S/C38H38O18/c1-17(39)50-15-27-30(44)32(46)34(48)37(55-27)53-25-13-22(42)12-24-23(25)14-26(36(52-24)19-5-9-21(41)10-6-19)54-38-35(49)33(47)31(45)28(56-38)16-51-29(43)11-4-18-2-7-20(40)8-3-18/h2-14,27-28,30-35,37-38,44-49H,15-16H2,1H3,(H2-,40,41,42,43)/p+1/t27?,28?,30-,31-,32+,33?,34?,35?,37-,38-/m1/s1. The summed E-state index contributed by atoms with van der Waals surface area (Å²) in [5.41, 5.74) is 0.847. The Hall–Kier alpha value is -5.57. The predicted octanol–water partition coefficient (Wildman–Crippen LogP) is 0.690. The van der Waals surface area contributed by atoms with Gasteiger partial charge in [-0.1, -0.05) is 12.1 Å². The van der Waals surface area contributed by atoms with Gasteiger partial charge in [0.25, 0.3) is 0 Å².